The molecule has 0 radical (unpaired) electrons. The largest absolute Gasteiger partial charge is 0.392 e. The average molecular weight is 257 g/mol. The first-order valence-corrected chi connectivity index (χ1v) is 7.19. The molecule has 1 fully saturated rings. The zero-order valence-electron chi connectivity index (χ0n) is 9.46. The highest BCUT2D eigenvalue weighted by atomic mass is 32.2. The zero-order valence-corrected chi connectivity index (χ0v) is 10.3. The van der Waals surface area contributed by atoms with Gasteiger partial charge in [0.1, 0.15) is 6.23 Å². The van der Waals surface area contributed by atoms with Crippen molar-refractivity contribution in [3.63, 3.8) is 0 Å². The fourth-order valence-electron chi connectivity index (χ4n) is 1.77. The molecule has 0 bridgehead atoms. The molecule has 0 saturated carbocycles. The van der Waals surface area contributed by atoms with E-state index in [2.05, 4.69) is 5.32 Å². The Kier molecular flexibility index (Phi) is 3.48. The smallest absolute Gasteiger partial charge is 0.175 e. The van der Waals surface area contributed by atoms with Crippen molar-refractivity contribution in [1.82, 2.24) is 5.32 Å². The summed E-state index contributed by atoms with van der Waals surface area (Å²) in [5.74, 6) is 0. The number of sulfone groups is 1. The number of benzene rings is 1. The maximum Gasteiger partial charge on any atom is 0.175 e. The molecule has 0 amide bonds. The monoisotopic (exact) mass is 257 g/mol. The SMILES string of the molecule is CS(=O)(=O)c1ccc(C2CNC(CO)O2)cc1. The third kappa shape index (κ3) is 2.84. The van der Waals surface area contributed by atoms with Gasteiger partial charge in [0.15, 0.2) is 9.84 Å². The maximum atomic E-state index is 11.3. The van der Waals surface area contributed by atoms with Crippen molar-refractivity contribution < 1.29 is 18.3 Å². The Bertz CT molecular complexity index is 483. The van der Waals surface area contributed by atoms with Crippen LogP contribution in [-0.4, -0.2) is 39.2 Å². The van der Waals surface area contributed by atoms with E-state index in [1.165, 1.54) is 6.26 Å². The first-order valence-electron chi connectivity index (χ1n) is 5.30. The van der Waals surface area contributed by atoms with Crippen LogP contribution in [0.5, 0.6) is 0 Å². The van der Waals surface area contributed by atoms with Gasteiger partial charge in [0, 0.05) is 12.8 Å². The molecule has 2 atom stereocenters. The van der Waals surface area contributed by atoms with E-state index in [0.717, 1.165) is 5.56 Å². The van der Waals surface area contributed by atoms with E-state index in [0.29, 0.717) is 11.4 Å². The summed E-state index contributed by atoms with van der Waals surface area (Å²) in [5.41, 5.74) is 0.904. The van der Waals surface area contributed by atoms with Gasteiger partial charge in [-0.25, -0.2) is 8.42 Å². The minimum Gasteiger partial charge on any atom is -0.392 e. The first kappa shape index (κ1) is 12.5. The van der Waals surface area contributed by atoms with E-state index in [1.807, 2.05) is 0 Å². The lowest BCUT2D eigenvalue weighted by Crippen LogP contribution is -2.25. The van der Waals surface area contributed by atoms with E-state index >= 15 is 0 Å². The highest BCUT2D eigenvalue weighted by molar-refractivity contribution is 7.90. The van der Waals surface area contributed by atoms with Crippen LogP contribution in [0.4, 0.5) is 0 Å². The summed E-state index contributed by atoms with van der Waals surface area (Å²) in [4.78, 5) is 0.297. The molecule has 0 aromatic heterocycles. The Balaban J connectivity index is 2.14. The minimum absolute atomic E-state index is 0.0715. The number of hydrogen-bond acceptors (Lipinski definition) is 5. The molecule has 2 N–H and O–H groups in total. The van der Waals surface area contributed by atoms with Crippen molar-refractivity contribution in [3.8, 4) is 0 Å². The number of aliphatic hydroxyl groups is 1. The second-order valence-electron chi connectivity index (χ2n) is 4.05. The number of nitrogens with one attached hydrogen (secondary N) is 1. The summed E-state index contributed by atoms with van der Waals surface area (Å²) < 4.78 is 28.1. The van der Waals surface area contributed by atoms with Gasteiger partial charge in [-0.1, -0.05) is 12.1 Å². The third-order valence-corrected chi connectivity index (χ3v) is 3.83. The topological polar surface area (TPSA) is 75.6 Å². The molecule has 1 aliphatic rings. The summed E-state index contributed by atoms with van der Waals surface area (Å²) in [6.07, 6.45) is 0.701. The van der Waals surface area contributed by atoms with Gasteiger partial charge in [0.25, 0.3) is 0 Å². The number of aliphatic hydroxyl groups excluding tert-OH is 1. The molecule has 94 valence electrons. The summed E-state index contributed by atoms with van der Waals surface area (Å²) in [6.45, 7) is 0.543. The molecule has 1 aromatic rings. The molecule has 1 saturated heterocycles. The van der Waals surface area contributed by atoms with Crippen LogP contribution in [0.15, 0.2) is 29.2 Å². The Morgan fingerprint density at radius 2 is 2.06 bits per heavy atom. The third-order valence-electron chi connectivity index (χ3n) is 2.71. The Labute approximate surface area is 100 Å². The summed E-state index contributed by atoms with van der Waals surface area (Å²) >= 11 is 0. The van der Waals surface area contributed by atoms with Crippen molar-refractivity contribution in [3.05, 3.63) is 29.8 Å². The quantitative estimate of drug-likeness (QED) is 0.801. The van der Waals surface area contributed by atoms with Gasteiger partial charge in [0.2, 0.25) is 0 Å². The molecule has 6 heteroatoms. The summed E-state index contributed by atoms with van der Waals surface area (Å²) in [5, 5.41) is 11.9. The van der Waals surface area contributed by atoms with Crippen molar-refractivity contribution in [2.45, 2.75) is 17.2 Å². The molecule has 17 heavy (non-hydrogen) atoms. The molecular weight excluding hydrogens is 242 g/mol. The van der Waals surface area contributed by atoms with Gasteiger partial charge >= 0.3 is 0 Å². The van der Waals surface area contributed by atoms with Gasteiger partial charge in [-0.3, -0.25) is 5.32 Å². The first-order chi connectivity index (χ1) is 8.00. The Hall–Kier alpha value is -0.950. The predicted octanol–water partition coefficient (Wildman–Crippen LogP) is 0.0694. The molecule has 0 spiro atoms. The second kappa shape index (κ2) is 4.73. The molecular formula is C11H15NO4S. The van der Waals surface area contributed by atoms with Crippen LogP contribution >= 0.6 is 0 Å². The van der Waals surface area contributed by atoms with Crippen LogP contribution in [0.2, 0.25) is 0 Å². The van der Waals surface area contributed by atoms with Crippen molar-refractivity contribution in [1.29, 1.82) is 0 Å². The highest BCUT2D eigenvalue weighted by Gasteiger charge is 2.25. The molecule has 5 nitrogen and oxygen atoms in total. The molecule has 2 rings (SSSR count). The Morgan fingerprint density at radius 3 is 2.53 bits per heavy atom. The normalized spacial score (nSPS) is 25.1. The van der Waals surface area contributed by atoms with Crippen LogP contribution < -0.4 is 5.32 Å². The van der Waals surface area contributed by atoms with Crippen molar-refractivity contribution in [2.75, 3.05) is 19.4 Å². The van der Waals surface area contributed by atoms with Crippen LogP contribution in [-0.2, 0) is 14.6 Å². The summed E-state index contributed by atoms with van der Waals surface area (Å²) in [7, 11) is -3.15. The number of hydrogen-bond donors (Lipinski definition) is 2. The van der Waals surface area contributed by atoms with Crippen LogP contribution in [0.25, 0.3) is 0 Å². The number of ether oxygens (including phenoxy) is 1. The lowest BCUT2D eigenvalue weighted by atomic mass is 10.1. The molecule has 1 aromatic carbocycles. The second-order valence-corrected chi connectivity index (χ2v) is 6.06. The van der Waals surface area contributed by atoms with E-state index in [1.54, 1.807) is 24.3 Å². The van der Waals surface area contributed by atoms with E-state index in [4.69, 9.17) is 9.84 Å². The van der Waals surface area contributed by atoms with Gasteiger partial charge in [-0.15, -0.1) is 0 Å². The van der Waals surface area contributed by atoms with E-state index in [-0.39, 0.29) is 18.9 Å². The minimum atomic E-state index is -3.15. The Morgan fingerprint density at radius 1 is 1.41 bits per heavy atom. The van der Waals surface area contributed by atoms with Gasteiger partial charge < -0.3 is 9.84 Å². The lowest BCUT2D eigenvalue weighted by molar-refractivity contribution is 0.00582. The molecule has 0 aliphatic carbocycles. The van der Waals surface area contributed by atoms with Crippen LogP contribution in [0.1, 0.15) is 11.7 Å². The highest BCUT2D eigenvalue weighted by Crippen LogP contribution is 2.23. The standard InChI is InChI=1S/C11H15NO4S/c1-17(14,15)9-4-2-8(3-5-9)10-6-12-11(7-13)16-10/h2-5,10-13H,6-7H2,1H3. The van der Waals surface area contributed by atoms with Gasteiger partial charge in [-0.2, -0.15) is 0 Å². The maximum absolute atomic E-state index is 11.3. The van der Waals surface area contributed by atoms with Crippen molar-refractivity contribution >= 4 is 9.84 Å². The molecule has 2 unspecified atom stereocenters. The average Bonchev–Trinajstić information content (AvgIpc) is 2.76. The van der Waals surface area contributed by atoms with E-state index in [9.17, 15) is 8.42 Å². The summed E-state index contributed by atoms with van der Waals surface area (Å²) in [6, 6.07) is 6.62. The van der Waals surface area contributed by atoms with Crippen LogP contribution in [0, 0.1) is 0 Å². The fraction of sp³-hybridized carbons (Fsp3) is 0.455. The predicted molar refractivity (Wildman–Crippen MR) is 62.3 cm³/mol. The van der Waals surface area contributed by atoms with Gasteiger partial charge in [0.05, 0.1) is 17.6 Å². The molecule has 1 aliphatic heterocycles. The van der Waals surface area contributed by atoms with Crippen LogP contribution in [0.3, 0.4) is 0 Å². The zero-order chi connectivity index (χ0) is 12.5. The van der Waals surface area contributed by atoms with Crippen molar-refractivity contribution in [2.24, 2.45) is 0 Å². The molecule has 1 heterocycles. The van der Waals surface area contributed by atoms with Gasteiger partial charge in [-0.05, 0) is 17.7 Å². The number of rotatable bonds is 3. The van der Waals surface area contributed by atoms with E-state index < -0.39 is 9.84 Å². The fourth-order valence-corrected chi connectivity index (χ4v) is 2.40. The lowest BCUT2D eigenvalue weighted by Gasteiger charge is -2.11.